The molecule has 0 N–H and O–H groups in total. The third-order valence-electron chi connectivity index (χ3n) is 4.51. The molecule has 2 aliphatic rings. The molecule has 4 unspecified atom stereocenters. The molecule has 0 bridgehead atoms. The molecule has 0 spiro atoms. The second kappa shape index (κ2) is 4.02. The van der Waals surface area contributed by atoms with Gasteiger partial charge in [0.25, 0.3) is 0 Å². The first-order chi connectivity index (χ1) is 6.33. The van der Waals surface area contributed by atoms with Gasteiger partial charge >= 0.3 is 0 Å². The van der Waals surface area contributed by atoms with E-state index in [1.54, 1.807) is 25.7 Å². The van der Waals surface area contributed by atoms with E-state index in [1.807, 2.05) is 0 Å². The van der Waals surface area contributed by atoms with Crippen molar-refractivity contribution in [3.63, 3.8) is 0 Å². The summed E-state index contributed by atoms with van der Waals surface area (Å²) in [4.78, 5) is 0. The van der Waals surface area contributed by atoms with Gasteiger partial charge in [-0.05, 0) is 42.9 Å². The van der Waals surface area contributed by atoms with Crippen molar-refractivity contribution >= 4 is 0 Å². The number of fused-ring (bicyclic) bond motifs is 1. The Balaban J connectivity index is 1.74. The smallest absolute Gasteiger partial charge is 0.0331 e. The maximum Gasteiger partial charge on any atom is -0.0331 e. The molecule has 2 aliphatic carbocycles. The molecule has 0 saturated heterocycles. The molecular weight excluding hydrogens is 156 g/mol. The van der Waals surface area contributed by atoms with E-state index in [-0.39, 0.29) is 0 Å². The first-order valence-electron chi connectivity index (χ1n) is 6.33. The third-order valence-corrected chi connectivity index (χ3v) is 4.51. The molecule has 0 aromatic heterocycles. The summed E-state index contributed by atoms with van der Waals surface area (Å²) in [6.45, 7) is 4.78. The lowest BCUT2D eigenvalue weighted by atomic mass is 9.64. The first kappa shape index (κ1) is 9.55. The second-order valence-corrected chi connectivity index (χ2v) is 5.38. The van der Waals surface area contributed by atoms with E-state index in [2.05, 4.69) is 13.8 Å². The molecule has 0 aromatic carbocycles. The summed E-state index contributed by atoms with van der Waals surface area (Å²) in [5.74, 6) is 4.50. The fraction of sp³-hybridized carbons (Fsp3) is 1.00. The topological polar surface area (TPSA) is 0 Å². The highest BCUT2D eigenvalue weighted by molar-refractivity contribution is 4.96. The zero-order valence-electron chi connectivity index (χ0n) is 9.26. The van der Waals surface area contributed by atoms with E-state index in [1.165, 1.54) is 19.3 Å². The maximum absolute atomic E-state index is 2.47. The molecule has 2 saturated carbocycles. The molecule has 0 aromatic rings. The van der Waals surface area contributed by atoms with E-state index < -0.39 is 0 Å². The van der Waals surface area contributed by atoms with Crippen LogP contribution in [0.1, 0.15) is 58.8 Å². The summed E-state index contributed by atoms with van der Waals surface area (Å²) in [6, 6.07) is 0. The summed E-state index contributed by atoms with van der Waals surface area (Å²) >= 11 is 0. The molecule has 0 amide bonds. The van der Waals surface area contributed by atoms with Crippen LogP contribution < -0.4 is 0 Å². The van der Waals surface area contributed by atoms with Gasteiger partial charge in [0.1, 0.15) is 0 Å². The van der Waals surface area contributed by atoms with Crippen molar-refractivity contribution in [2.75, 3.05) is 0 Å². The summed E-state index contributed by atoms with van der Waals surface area (Å²) < 4.78 is 0. The minimum absolute atomic E-state index is 1.07. The number of unbranched alkanes of at least 4 members (excludes halogenated alkanes) is 2. The van der Waals surface area contributed by atoms with E-state index >= 15 is 0 Å². The molecule has 2 rings (SSSR count). The molecular formula is C13H24. The van der Waals surface area contributed by atoms with Gasteiger partial charge in [0.15, 0.2) is 0 Å². The maximum atomic E-state index is 2.47. The zero-order valence-corrected chi connectivity index (χ0v) is 9.26. The van der Waals surface area contributed by atoms with Crippen LogP contribution in [0, 0.1) is 23.7 Å². The summed E-state index contributed by atoms with van der Waals surface area (Å²) in [5, 5.41) is 0. The van der Waals surface area contributed by atoms with Crippen LogP contribution in [-0.2, 0) is 0 Å². The van der Waals surface area contributed by atoms with Gasteiger partial charge in [-0.15, -0.1) is 0 Å². The second-order valence-electron chi connectivity index (χ2n) is 5.38. The Morgan fingerprint density at radius 3 is 2.69 bits per heavy atom. The zero-order chi connectivity index (χ0) is 9.26. The largest absolute Gasteiger partial charge is 0.0654 e. The van der Waals surface area contributed by atoms with Crippen LogP contribution >= 0.6 is 0 Å². The minimum atomic E-state index is 1.07. The Morgan fingerprint density at radius 2 is 2.00 bits per heavy atom. The Morgan fingerprint density at radius 1 is 1.15 bits per heavy atom. The van der Waals surface area contributed by atoms with Crippen LogP contribution in [0.5, 0.6) is 0 Å². The van der Waals surface area contributed by atoms with Crippen molar-refractivity contribution < 1.29 is 0 Å². The summed E-state index contributed by atoms with van der Waals surface area (Å²) in [6.07, 6.45) is 10.6. The van der Waals surface area contributed by atoms with Gasteiger partial charge in [0.05, 0.1) is 0 Å². The molecule has 13 heavy (non-hydrogen) atoms. The van der Waals surface area contributed by atoms with Crippen molar-refractivity contribution in [3.8, 4) is 0 Å². The third kappa shape index (κ3) is 1.78. The molecule has 4 atom stereocenters. The van der Waals surface area contributed by atoms with Crippen molar-refractivity contribution in [1.82, 2.24) is 0 Å². The highest BCUT2D eigenvalue weighted by Gasteiger charge is 2.46. The van der Waals surface area contributed by atoms with Gasteiger partial charge in [-0.25, -0.2) is 0 Å². The predicted octanol–water partition coefficient (Wildman–Crippen LogP) is 4.25. The van der Waals surface area contributed by atoms with Gasteiger partial charge < -0.3 is 0 Å². The normalized spacial score (nSPS) is 42.9. The number of hydrogen-bond donors (Lipinski definition) is 0. The van der Waals surface area contributed by atoms with Gasteiger partial charge in [0, 0.05) is 0 Å². The fourth-order valence-corrected chi connectivity index (χ4v) is 3.83. The minimum Gasteiger partial charge on any atom is -0.0654 e. The molecule has 0 heteroatoms. The Labute approximate surface area is 83.1 Å². The number of rotatable bonds is 4. The summed E-state index contributed by atoms with van der Waals surface area (Å²) in [5.41, 5.74) is 0. The molecule has 0 nitrogen and oxygen atoms in total. The monoisotopic (exact) mass is 180 g/mol. The molecule has 0 radical (unpaired) electrons. The Kier molecular flexibility index (Phi) is 2.96. The quantitative estimate of drug-likeness (QED) is 0.567. The lowest BCUT2D eigenvalue weighted by Gasteiger charge is -2.41. The van der Waals surface area contributed by atoms with Crippen molar-refractivity contribution in [2.24, 2.45) is 23.7 Å². The van der Waals surface area contributed by atoms with Crippen molar-refractivity contribution in [1.29, 1.82) is 0 Å². The fourth-order valence-electron chi connectivity index (χ4n) is 3.83. The highest BCUT2D eigenvalue weighted by atomic mass is 14.5. The van der Waals surface area contributed by atoms with Crippen molar-refractivity contribution in [3.05, 3.63) is 0 Å². The van der Waals surface area contributed by atoms with E-state index in [0.717, 1.165) is 23.7 Å². The molecule has 0 aliphatic heterocycles. The van der Waals surface area contributed by atoms with Crippen LogP contribution in [0.25, 0.3) is 0 Å². The average Bonchev–Trinajstić information content (AvgIpc) is 2.42. The van der Waals surface area contributed by atoms with Gasteiger partial charge in [-0.2, -0.15) is 0 Å². The SMILES string of the molecule is CCCCCC1CCC2CC(C)C12. The van der Waals surface area contributed by atoms with Crippen LogP contribution in [0.3, 0.4) is 0 Å². The lowest BCUT2D eigenvalue weighted by Crippen LogP contribution is -2.34. The molecule has 0 heterocycles. The highest BCUT2D eigenvalue weighted by Crippen LogP contribution is 2.55. The first-order valence-corrected chi connectivity index (χ1v) is 6.33. The van der Waals surface area contributed by atoms with E-state index in [9.17, 15) is 0 Å². The van der Waals surface area contributed by atoms with E-state index in [0.29, 0.717) is 0 Å². The predicted molar refractivity (Wildman–Crippen MR) is 57.6 cm³/mol. The molecule has 2 fully saturated rings. The molecule has 76 valence electrons. The van der Waals surface area contributed by atoms with E-state index in [4.69, 9.17) is 0 Å². The van der Waals surface area contributed by atoms with Crippen LogP contribution in [-0.4, -0.2) is 0 Å². The lowest BCUT2D eigenvalue weighted by molar-refractivity contribution is 0.0782. The summed E-state index contributed by atoms with van der Waals surface area (Å²) in [7, 11) is 0. The van der Waals surface area contributed by atoms with Gasteiger partial charge in [-0.3, -0.25) is 0 Å². The average molecular weight is 180 g/mol. The van der Waals surface area contributed by atoms with Crippen LogP contribution in [0.4, 0.5) is 0 Å². The van der Waals surface area contributed by atoms with Crippen LogP contribution in [0.15, 0.2) is 0 Å². The number of hydrogen-bond acceptors (Lipinski definition) is 0. The Bertz CT molecular complexity index is 161. The van der Waals surface area contributed by atoms with Crippen LogP contribution in [0.2, 0.25) is 0 Å². The van der Waals surface area contributed by atoms with Gasteiger partial charge in [0.2, 0.25) is 0 Å². The van der Waals surface area contributed by atoms with Crippen molar-refractivity contribution in [2.45, 2.75) is 58.8 Å². The van der Waals surface area contributed by atoms with Gasteiger partial charge in [-0.1, -0.05) is 39.5 Å². The Hall–Kier alpha value is 0. The standard InChI is InChI=1S/C13H24/c1-3-4-5-6-11-7-8-12-9-10(2)13(11)12/h10-13H,3-9H2,1-2H3.